The Balaban J connectivity index is 1.98. The number of anilines is 1. The standard InChI is InChI=1S/C24H31N5/c1-5-20(16-21(6-2)29(3)4)26-23-17-22(18-10-8-7-9-11-18)27-24(28-23)19-12-14-25-15-13-19/h5-11,16-17,19,25H,1,12-15H2,2-4H3,(H,26,27,28)/b20-16+,21-6+. The molecule has 1 aliphatic rings. The summed E-state index contributed by atoms with van der Waals surface area (Å²) in [6.45, 7) is 8.02. The SMILES string of the molecule is C=C/C(=C\C(=C/C)N(C)C)Nc1cc(-c2ccccc2)nc(C2CCNCC2)n1. The third kappa shape index (κ3) is 5.55. The first kappa shape index (κ1) is 20.8. The van der Waals surface area contributed by atoms with Gasteiger partial charge in [0.1, 0.15) is 11.6 Å². The lowest BCUT2D eigenvalue weighted by Gasteiger charge is -2.22. The van der Waals surface area contributed by atoms with E-state index in [1.165, 1.54) is 0 Å². The van der Waals surface area contributed by atoms with E-state index in [-0.39, 0.29) is 0 Å². The molecule has 152 valence electrons. The minimum atomic E-state index is 0.379. The van der Waals surface area contributed by atoms with Crippen LogP contribution in [0.2, 0.25) is 0 Å². The highest BCUT2D eigenvalue weighted by atomic mass is 15.1. The zero-order valence-electron chi connectivity index (χ0n) is 17.7. The molecule has 0 saturated carbocycles. The van der Waals surface area contributed by atoms with Crippen molar-refractivity contribution in [3.8, 4) is 11.3 Å². The first-order chi connectivity index (χ1) is 14.1. The maximum absolute atomic E-state index is 4.92. The van der Waals surface area contributed by atoms with E-state index in [0.29, 0.717) is 5.92 Å². The van der Waals surface area contributed by atoms with E-state index in [2.05, 4.69) is 46.4 Å². The lowest BCUT2D eigenvalue weighted by Crippen LogP contribution is -2.27. The van der Waals surface area contributed by atoms with Crippen LogP contribution in [0.4, 0.5) is 5.82 Å². The van der Waals surface area contributed by atoms with Gasteiger partial charge in [-0.25, -0.2) is 9.97 Å². The molecule has 2 N–H and O–H groups in total. The van der Waals surface area contributed by atoms with E-state index in [4.69, 9.17) is 9.97 Å². The van der Waals surface area contributed by atoms with Gasteiger partial charge < -0.3 is 15.5 Å². The molecule has 0 radical (unpaired) electrons. The average Bonchev–Trinajstić information content (AvgIpc) is 2.77. The van der Waals surface area contributed by atoms with Gasteiger partial charge in [-0.2, -0.15) is 0 Å². The van der Waals surface area contributed by atoms with Gasteiger partial charge >= 0.3 is 0 Å². The van der Waals surface area contributed by atoms with Crippen molar-refractivity contribution >= 4 is 5.82 Å². The fourth-order valence-electron chi connectivity index (χ4n) is 3.47. The number of nitrogens with zero attached hydrogens (tertiary/aromatic N) is 3. The summed E-state index contributed by atoms with van der Waals surface area (Å²) in [6.07, 6.45) is 8.08. The van der Waals surface area contributed by atoms with Gasteiger partial charge in [-0.05, 0) is 45.0 Å². The van der Waals surface area contributed by atoms with Gasteiger partial charge in [-0.1, -0.05) is 43.0 Å². The van der Waals surface area contributed by atoms with Gasteiger partial charge in [0.2, 0.25) is 0 Å². The summed E-state index contributed by atoms with van der Waals surface area (Å²) in [6, 6.07) is 12.3. The zero-order valence-corrected chi connectivity index (χ0v) is 17.7. The van der Waals surface area contributed by atoms with Gasteiger partial charge in [-0.15, -0.1) is 0 Å². The second-order valence-corrected chi connectivity index (χ2v) is 7.42. The Kier molecular flexibility index (Phi) is 7.19. The molecule has 0 bridgehead atoms. The minimum absolute atomic E-state index is 0.379. The smallest absolute Gasteiger partial charge is 0.134 e. The maximum Gasteiger partial charge on any atom is 0.134 e. The van der Waals surface area contributed by atoms with Crippen LogP contribution < -0.4 is 10.6 Å². The van der Waals surface area contributed by atoms with Gasteiger partial charge in [0, 0.05) is 43.0 Å². The van der Waals surface area contributed by atoms with Crippen molar-refractivity contribution in [3.63, 3.8) is 0 Å². The highest BCUT2D eigenvalue weighted by Crippen LogP contribution is 2.27. The van der Waals surface area contributed by atoms with E-state index in [1.54, 1.807) is 0 Å². The monoisotopic (exact) mass is 389 g/mol. The molecule has 29 heavy (non-hydrogen) atoms. The van der Waals surface area contributed by atoms with Crippen molar-refractivity contribution in [2.45, 2.75) is 25.7 Å². The largest absolute Gasteiger partial charge is 0.378 e. The number of allylic oxidation sites excluding steroid dienone is 3. The fourth-order valence-corrected chi connectivity index (χ4v) is 3.47. The molecule has 5 nitrogen and oxygen atoms in total. The molecule has 0 aliphatic carbocycles. The molecule has 3 rings (SSSR count). The van der Waals surface area contributed by atoms with Crippen molar-refractivity contribution in [1.82, 2.24) is 20.2 Å². The summed E-state index contributed by atoms with van der Waals surface area (Å²) >= 11 is 0. The number of nitrogens with one attached hydrogen (secondary N) is 2. The van der Waals surface area contributed by atoms with Crippen molar-refractivity contribution in [2.24, 2.45) is 0 Å². The van der Waals surface area contributed by atoms with Crippen LogP contribution in [0.15, 0.2) is 72.6 Å². The first-order valence-corrected chi connectivity index (χ1v) is 10.2. The summed E-state index contributed by atoms with van der Waals surface area (Å²) in [5, 5.41) is 6.87. The number of rotatable bonds is 7. The van der Waals surface area contributed by atoms with Crippen LogP contribution in [-0.4, -0.2) is 42.1 Å². The molecule has 1 aliphatic heterocycles. The Morgan fingerprint density at radius 3 is 2.52 bits per heavy atom. The predicted molar refractivity (Wildman–Crippen MR) is 122 cm³/mol. The second kappa shape index (κ2) is 10.0. The maximum atomic E-state index is 4.92. The van der Waals surface area contributed by atoms with Gasteiger partial charge in [0.15, 0.2) is 0 Å². The van der Waals surface area contributed by atoms with E-state index < -0.39 is 0 Å². The molecule has 1 aromatic carbocycles. The van der Waals surface area contributed by atoms with Crippen LogP contribution in [0.25, 0.3) is 11.3 Å². The topological polar surface area (TPSA) is 53.1 Å². The molecule has 1 fully saturated rings. The molecule has 2 heterocycles. The van der Waals surface area contributed by atoms with Crippen molar-refractivity contribution in [3.05, 3.63) is 78.4 Å². The third-order valence-corrected chi connectivity index (χ3v) is 5.13. The molecule has 2 aromatic rings. The number of likely N-dealkylation sites (N-methyl/N-ethyl adjacent to an activating group) is 1. The average molecular weight is 390 g/mol. The molecule has 0 atom stereocenters. The summed E-state index contributed by atoms with van der Waals surface area (Å²) in [5.41, 5.74) is 4.04. The van der Waals surface area contributed by atoms with E-state index in [1.807, 2.05) is 51.4 Å². The molecule has 0 unspecified atom stereocenters. The van der Waals surface area contributed by atoms with E-state index >= 15 is 0 Å². The lowest BCUT2D eigenvalue weighted by molar-refractivity contribution is 0.445. The highest BCUT2D eigenvalue weighted by Gasteiger charge is 2.20. The molecule has 0 spiro atoms. The van der Waals surface area contributed by atoms with Crippen molar-refractivity contribution in [1.29, 1.82) is 0 Å². The quantitative estimate of drug-likeness (QED) is 0.680. The molecule has 1 aromatic heterocycles. The van der Waals surface area contributed by atoms with Crippen molar-refractivity contribution in [2.75, 3.05) is 32.5 Å². The highest BCUT2D eigenvalue weighted by molar-refractivity contribution is 5.63. The first-order valence-electron chi connectivity index (χ1n) is 10.2. The molecular weight excluding hydrogens is 358 g/mol. The van der Waals surface area contributed by atoms with Crippen LogP contribution >= 0.6 is 0 Å². The van der Waals surface area contributed by atoms with Crippen LogP contribution in [0.1, 0.15) is 31.5 Å². The Hall–Kier alpha value is -2.92. The third-order valence-electron chi connectivity index (χ3n) is 5.13. The number of hydrogen-bond donors (Lipinski definition) is 2. The van der Waals surface area contributed by atoms with Crippen LogP contribution in [0.5, 0.6) is 0 Å². The minimum Gasteiger partial charge on any atom is -0.378 e. The Morgan fingerprint density at radius 2 is 1.90 bits per heavy atom. The van der Waals surface area contributed by atoms with Crippen LogP contribution in [-0.2, 0) is 0 Å². The zero-order chi connectivity index (χ0) is 20.6. The summed E-state index contributed by atoms with van der Waals surface area (Å²) in [4.78, 5) is 11.9. The second-order valence-electron chi connectivity index (χ2n) is 7.42. The number of aromatic nitrogens is 2. The summed E-state index contributed by atoms with van der Waals surface area (Å²) < 4.78 is 0. The van der Waals surface area contributed by atoms with Gasteiger partial charge in [0.25, 0.3) is 0 Å². The van der Waals surface area contributed by atoms with Crippen molar-refractivity contribution < 1.29 is 0 Å². The van der Waals surface area contributed by atoms with E-state index in [9.17, 15) is 0 Å². The molecule has 0 amide bonds. The fraction of sp³-hybridized carbons (Fsp3) is 0.333. The summed E-state index contributed by atoms with van der Waals surface area (Å²) in [5.74, 6) is 2.09. The molecule has 1 saturated heterocycles. The van der Waals surface area contributed by atoms with Gasteiger partial charge in [-0.3, -0.25) is 0 Å². The number of hydrogen-bond acceptors (Lipinski definition) is 5. The number of benzene rings is 1. The normalized spacial score (nSPS) is 15.8. The van der Waals surface area contributed by atoms with Gasteiger partial charge in [0.05, 0.1) is 5.69 Å². The van der Waals surface area contributed by atoms with Crippen LogP contribution in [0, 0.1) is 0 Å². The lowest BCUT2D eigenvalue weighted by atomic mass is 9.97. The molecule has 5 heteroatoms. The Bertz CT molecular complexity index is 877. The van der Waals surface area contributed by atoms with Crippen LogP contribution in [0.3, 0.4) is 0 Å². The molecular formula is C24H31N5. The predicted octanol–water partition coefficient (Wildman–Crippen LogP) is 4.56. The summed E-state index contributed by atoms with van der Waals surface area (Å²) in [7, 11) is 4.06. The van der Waals surface area contributed by atoms with E-state index in [0.717, 1.165) is 60.2 Å². The Labute approximate surface area is 174 Å². The Morgan fingerprint density at radius 1 is 1.17 bits per heavy atom. The number of piperidine rings is 1.